The summed E-state index contributed by atoms with van der Waals surface area (Å²) in [5.41, 5.74) is 2.99. The van der Waals surface area contributed by atoms with Gasteiger partial charge in [-0.3, -0.25) is 4.79 Å². The highest BCUT2D eigenvalue weighted by Crippen LogP contribution is 2.22. The Hall–Kier alpha value is -2.63. The summed E-state index contributed by atoms with van der Waals surface area (Å²) >= 11 is 5.99. The van der Waals surface area contributed by atoms with Crippen molar-refractivity contribution in [2.45, 2.75) is 0 Å². The standard InChI is InChI=1S/C20H21ClN4O/c1-24(2)13-12-22-20(26)19-14-18(15-6-4-3-5-7-15)23-25(19)17-10-8-16(21)9-11-17/h3-11,14H,12-13H2,1-2H3,(H,22,26). The predicted molar refractivity (Wildman–Crippen MR) is 105 cm³/mol. The molecule has 26 heavy (non-hydrogen) atoms. The molecule has 134 valence electrons. The molecule has 0 radical (unpaired) electrons. The second kappa shape index (κ2) is 8.17. The second-order valence-electron chi connectivity index (χ2n) is 6.23. The number of nitrogens with zero attached hydrogens (tertiary/aromatic N) is 3. The van der Waals surface area contributed by atoms with E-state index in [1.54, 1.807) is 16.8 Å². The quantitative estimate of drug-likeness (QED) is 0.724. The molecule has 0 fully saturated rings. The largest absolute Gasteiger partial charge is 0.349 e. The normalized spacial score (nSPS) is 10.9. The Kier molecular flexibility index (Phi) is 5.71. The van der Waals surface area contributed by atoms with Crippen LogP contribution >= 0.6 is 11.6 Å². The van der Waals surface area contributed by atoms with E-state index < -0.39 is 0 Å². The summed E-state index contributed by atoms with van der Waals surface area (Å²) in [6.45, 7) is 1.34. The van der Waals surface area contributed by atoms with Crippen LogP contribution in [0.2, 0.25) is 5.02 Å². The third-order valence-electron chi connectivity index (χ3n) is 3.93. The van der Waals surface area contributed by atoms with E-state index in [4.69, 9.17) is 11.6 Å². The molecule has 3 rings (SSSR count). The lowest BCUT2D eigenvalue weighted by atomic mass is 10.1. The number of carbonyl (C=O) groups excluding carboxylic acids is 1. The molecule has 0 aliphatic rings. The van der Waals surface area contributed by atoms with E-state index in [9.17, 15) is 4.79 Å². The summed E-state index contributed by atoms with van der Waals surface area (Å²) in [4.78, 5) is 14.7. The van der Waals surface area contributed by atoms with Crippen LogP contribution in [0.15, 0.2) is 60.7 Å². The first-order chi connectivity index (χ1) is 12.5. The Labute approximate surface area is 158 Å². The number of halogens is 1. The van der Waals surface area contributed by atoms with E-state index in [1.807, 2.05) is 67.5 Å². The molecule has 0 atom stereocenters. The Morgan fingerprint density at radius 1 is 1.12 bits per heavy atom. The molecule has 0 saturated heterocycles. The Morgan fingerprint density at radius 3 is 2.46 bits per heavy atom. The molecule has 0 bridgehead atoms. The molecule has 3 aromatic rings. The molecule has 2 aromatic carbocycles. The Morgan fingerprint density at radius 2 is 1.81 bits per heavy atom. The number of hydrogen-bond donors (Lipinski definition) is 1. The highest BCUT2D eigenvalue weighted by molar-refractivity contribution is 6.30. The van der Waals surface area contributed by atoms with Crippen LogP contribution in [0.4, 0.5) is 0 Å². The summed E-state index contributed by atoms with van der Waals surface area (Å²) in [5.74, 6) is -0.156. The van der Waals surface area contributed by atoms with Gasteiger partial charge in [0.1, 0.15) is 5.69 Å². The van der Waals surface area contributed by atoms with Crippen LogP contribution in [-0.4, -0.2) is 47.8 Å². The van der Waals surface area contributed by atoms with Crippen LogP contribution in [0.3, 0.4) is 0 Å². The first-order valence-corrected chi connectivity index (χ1v) is 8.77. The maximum atomic E-state index is 12.7. The molecule has 0 unspecified atom stereocenters. The summed E-state index contributed by atoms with van der Waals surface area (Å²) in [6, 6.07) is 18.9. The molecule has 0 aliphatic carbocycles. The highest BCUT2D eigenvalue weighted by atomic mass is 35.5. The average Bonchev–Trinajstić information content (AvgIpc) is 3.08. The number of amides is 1. The predicted octanol–water partition coefficient (Wildman–Crippen LogP) is 3.48. The van der Waals surface area contributed by atoms with E-state index in [-0.39, 0.29) is 5.91 Å². The van der Waals surface area contributed by atoms with Gasteiger partial charge >= 0.3 is 0 Å². The monoisotopic (exact) mass is 368 g/mol. The fourth-order valence-electron chi connectivity index (χ4n) is 2.56. The molecule has 0 aliphatic heterocycles. The molecule has 0 spiro atoms. The van der Waals surface area contributed by atoms with Crippen molar-refractivity contribution in [3.8, 4) is 16.9 Å². The maximum Gasteiger partial charge on any atom is 0.270 e. The number of aromatic nitrogens is 2. The van der Waals surface area contributed by atoms with Crippen LogP contribution < -0.4 is 5.32 Å². The molecule has 0 saturated carbocycles. The molecule has 1 aromatic heterocycles. The molecule has 1 amide bonds. The van der Waals surface area contributed by atoms with Gasteiger partial charge in [-0.25, -0.2) is 4.68 Å². The maximum absolute atomic E-state index is 12.7. The fourth-order valence-corrected chi connectivity index (χ4v) is 2.68. The van der Waals surface area contributed by atoms with Gasteiger partial charge in [-0.1, -0.05) is 41.9 Å². The van der Waals surface area contributed by atoms with E-state index >= 15 is 0 Å². The van der Waals surface area contributed by atoms with Gasteiger partial charge < -0.3 is 10.2 Å². The lowest BCUT2D eigenvalue weighted by Gasteiger charge is -2.11. The number of nitrogens with one attached hydrogen (secondary N) is 1. The van der Waals surface area contributed by atoms with Crippen LogP contribution in [0.1, 0.15) is 10.5 Å². The van der Waals surface area contributed by atoms with Gasteiger partial charge in [0, 0.05) is 23.7 Å². The van der Waals surface area contributed by atoms with Gasteiger partial charge in [0.2, 0.25) is 0 Å². The molecule has 6 heteroatoms. The third kappa shape index (κ3) is 4.31. The molecule has 5 nitrogen and oxygen atoms in total. The lowest BCUT2D eigenvalue weighted by molar-refractivity contribution is 0.0943. The minimum absolute atomic E-state index is 0.156. The van der Waals surface area contributed by atoms with Gasteiger partial charge in [-0.15, -0.1) is 0 Å². The van der Waals surface area contributed by atoms with Gasteiger partial charge in [0.25, 0.3) is 5.91 Å². The zero-order valence-corrected chi connectivity index (χ0v) is 15.6. The van der Waals surface area contributed by atoms with Crippen LogP contribution in [-0.2, 0) is 0 Å². The zero-order valence-electron chi connectivity index (χ0n) is 14.8. The lowest BCUT2D eigenvalue weighted by Crippen LogP contribution is -2.32. The van der Waals surface area contributed by atoms with Crippen molar-refractivity contribution in [2.24, 2.45) is 0 Å². The van der Waals surface area contributed by atoms with E-state index in [1.165, 1.54) is 0 Å². The summed E-state index contributed by atoms with van der Waals surface area (Å²) < 4.78 is 1.66. The van der Waals surface area contributed by atoms with Crippen molar-refractivity contribution < 1.29 is 4.79 Å². The average molecular weight is 369 g/mol. The van der Waals surface area contributed by atoms with E-state index in [0.29, 0.717) is 17.3 Å². The van der Waals surface area contributed by atoms with Crippen LogP contribution in [0, 0.1) is 0 Å². The summed E-state index contributed by atoms with van der Waals surface area (Å²) in [7, 11) is 3.94. The molecule has 1 N–H and O–H groups in total. The van der Waals surface area contributed by atoms with Crippen molar-refractivity contribution in [3.63, 3.8) is 0 Å². The number of rotatable bonds is 6. The molecular weight excluding hydrogens is 348 g/mol. The van der Waals surface area contributed by atoms with Gasteiger partial charge in [-0.05, 0) is 44.4 Å². The first kappa shape index (κ1) is 18.2. The Bertz CT molecular complexity index is 873. The topological polar surface area (TPSA) is 50.2 Å². The molecular formula is C20H21ClN4O. The van der Waals surface area contributed by atoms with Crippen molar-refractivity contribution in [1.82, 2.24) is 20.0 Å². The van der Waals surface area contributed by atoms with Crippen molar-refractivity contribution in [2.75, 3.05) is 27.2 Å². The SMILES string of the molecule is CN(C)CCNC(=O)c1cc(-c2ccccc2)nn1-c1ccc(Cl)cc1. The fraction of sp³-hybridized carbons (Fsp3) is 0.200. The summed E-state index contributed by atoms with van der Waals surface area (Å²) in [5, 5.41) is 8.24. The minimum Gasteiger partial charge on any atom is -0.349 e. The number of carbonyl (C=O) groups is 1. The van der Waals surface area contributed by atoms with E-state index in [2.05, 4.69) is 10.4 Å². The Balaban J connectivity index is 1.96. The van der Waals surface area contributed by atoms with Crippen molar-refractivity contribution >= 4 is 17.5 Å². The van der Waals surface area contributed by atoms with Crippen LogP contribution in [0.5, 0.6) is 0 Å². The van der Waals surface area contributed by atoms with Crippen LogP contribution in [0.25, 0.3) is 16.9 Å². The minimum atomic E-state index is -0.156. The smallest absolute Gasteiger partial charge is 0.270 e. The molecule has 1 heterocycles. The van der Waals surface area contributed by atoms with Gasteiger partial charge in [-0.2, -0.15) is 5.10 Å². The van der Waals surface area contributed by atoms with Crippen molar-refractivity contribution in [1.29, 1.82) is 0 Å². The first-order valence-electron chi connectivity index (χ1n) is 8.39. The highest BCUT2D eigenvalue weighted by Gasteiger charge is 2.17. The number of likely N-dealkylation sites (N-methyl/N-ethyl adjacent to an activating group) is 1. The number of benzene rings is 2. The van der Waals surface area contributed by atoms with Gasteiger partial charge in [0.05, 0.1) is 11.4 Å². The van der Waals surface area contributed by atoms with E-state index in [0.717, 1.165) is 23.5 Å². The third-order valence-corrected chi connectivity index (χ3v) is 4.18. The second-order valence-corrected chi connectivity index (χ2v) is 6.66. The zero-order chi connectivity index (χ0) is 18.5. The van der Waals surface area contributed by atoms with Crippen molar-refractivity contribution in [3.05, 3.63) is 71.4 Å². The van der Waals surface area contributed by atoms with Gasteiger partial charge in [0.15, 0.2) is 0 Å². The number of hydrogen-bond acceptors (Lipinski definition) is 3. The summed E-state index contributed by atoms with van der Waals surface area (Å²) in [6.07, 6.45) is 0.